The number of aromatic amines is 1. The first-order valence-electron chi connectivity index (χ1n) is 39.9. The Morgan fingerprint density at radius 1 is 0.618 bits per heavy atom. The molecule has 0 radical (unpaired) electrons. The van der Waals surface area contributed by atoms with Gasteiger partial charge in [0.05, 0.1) is 32.8 Å². The minimum Gasteiger partial charge on any atom is -0.497 e. The van der Waals surface area contributed by atoms with Gasteiger partial charge < -0.3 is 122 Å². The highest BCUT2D eigenvalue weighted by molar-refractivity contribution is 7.99. The minimum absolute atomic E-state index is 0.0948. The number of carbonyl (C=O) groups is 18. The molecule has 13 atom stereocenters. The Morgan fingerprint density at radius 2 is 1.25 bits per heavy atom. The summed E-state index contributed by atoms with van der Waals surface area (Å²) in [4.78, 5) is 252. The van der Waals surface area contributed by atoms with Crippen molar-refractivity contribution in [2.75, 3.05) is 44.9 Å². The minimum atomic E-state index is -2.06. The third kappa shape index (κ3) is 32.6. The molecule has 17 amide bonds. The van der Waals surface area contributed by atoms with Gasteiger partial charge >= 0.3 is 5.97 Å². The molecule has 4 aromatic carbocycles. The molecule has 2 heterocycles. The first kappa shape index (κ1) is 99.0. The molecule has 26 N–H and O–H groups in total. The third-order valence-corrected chi connectivity index (χ3v) is 21.0. The third-order valence-electron chi connectivity index (χ3n) is 19.9. The molecule has 1 fully saturated rings. The summed E-state index contributed by atoms with van der Waals surface area (Å²) >= 11 is 0.920. The van der Waals surface area contributed by atoms with Gasteiger partial charge in [0.15, 0.2) is 0 Å². The van der Waals surface area contributed by atoms with Crippen molar-refractivity contribution in [2.45, 2.75) is 202 Å². The molecule has 1 aliphatic rings. The van der Waals surface area contributed by atoms with Crippen LogP contribution in [0.25, 0.3) is 21.7 Å². The van der Waals surface area contributed by atoms with Crippen LogP contribution >= 0.6 is 11.8 Å². The lowest BCUT2D eigenvalue weighted by Gasteiger charge is -2.34. The van der Waals surface area contributed by atoms with E-state index in [2.05, 4.69) is 79.4 Å². The van der Waals surface area contributed by atoms with E-state index in [0.29, 0.717) is 38.7 Å². The quantitative estimate of drug-likeness (QED) is 0.0163. The number of para-hydroxylation sites is 1. The zero-order valence-electron chi connectivity index (χ0n) is 68.8. The summed E-state index contributed by atoms with van der Waals surface area (Å²) < 4.78 is 5.41. The average molecular weight is 1730 g/mol. The largest absolute Gasteiger partial charge is 0.497 e. The van der Waals surface area contributed by atoms with Crippen molar-refractivity contribution in [3.8, 4) is 5.75 Å². The van der Waals surface area contributed by atoms with E-state index in [0.717, 1.165) is 31.0 Å². The monoisotopic (exact) mass is 1730 g/mol. The lowest BCUT2D eigenvalue weighted by atomic mass is 9.91. The molecule has 0 bridgehead atoms. The number of aliphatic hydroxyl groups is 2. The Hall–Kier alpha value is -12.8. The summed E-state index contributed by atoms with van der Waals surface area (Å²) in [5.41, 5.74) is 22.3. The zero-order valence-corrected chi connectivity index (χ0v) is 69.6. The number of unbranched alkanes of at least 4 members (excludes halogenated alkanes) is 2. The highest BCUT2D eigenvalue weighted by Gasteiger charge is 2.42. The SMILES string of the molecule is COc1ccc(C[C@H](NC(=O)[C@@H]2CSCC[C@H](NC(C)=O)C(=O)N[C@@H](CO)C(=O)N[C@@H]([C@@H](C)O)C(=O)N[C@@H](Cc3c[nH]c4ccccc34)C(=O)N[C@@H](CCC(N)=O)C(=O)N2)C(=O)N[C@@H](Cc2ccc3ccccc3c2)C(=O)N[C@@](C)(CCCCN)C(=O)N[C@@H](CCCCNC(C)=O)C(=O)N[C@@H](CC(N)=O)C(=O)NCC(=O)N[C@@H](CCC(=O)O)C(N)=O)cc1. The first-order valence-corrected chi connectivity index (χ1v) is 41.0. The molecule has 6 rings (SSSR count). The van der Waals surface area contributed by atoms with Crippen molar-refractivity contribution in [3.05, 3.63) is 114 Å². The van der Waals surface area contributed by atoms with Crippen LogP contribution in [0.5, 0.6) is 5.75 Å². The van der Waals surface area contributed by atoms with Crippen LogP contribution in [-0.4, -0.2) is 250 Å². The van der Waals surface area contributed by atoms with Crippen LogP contribution in [0.3, 0.4) is 0 Å². The molecule has 0 aliphatic carbocycles. The standard InChI is InChI=1S/C81H111N19O22S/c1-43(102)68-79(120)95-60(37-50-39-87-53-17-9-8-16-52(50)53)75(116)91-56(25-27-64(83)105)72(113)97-63(42-123-33-29-57(89-45(3)104)73(114)96-62(41-101)76(117)99-68)77(118)92-58(35-46-20-23-51(122-5)24-21-46)74(115)93-59(36-47-19-22-48-14-6-7-15-49(48)34-47)78(119)100-81(4,30-11-12-31-82)80(121)98-55(18-10-13-32-86-44(2)103)71(112)94-61(38-65(84)106)70(111)88-40-66(107)90-54(69(85)110)26-28-67(108)109/h6-9,14-17,19-24,34,39,43,54-63,68,87,101-102H,10-13,18,25-33,35-38,40-42,82H2,1-5H3,(H2,83,105)(H2,84,106)(H2,85,110)(H,86,103)(H,88,111)(H,89,104)(H,90,107)(H,91,116)(H,92,118)(H,93,115)(H,94,112)(H,95,120)(H,96,114)(H,97,113)(H,98,121)(H,99,117)(H,100,119)(H,108,109)/t43-,54+,55+,56+,57+,58+,59+,60+,61+,62+,63+,68+,81+/m1/s1. The van der Waals surface area contributed by atoms with Gasteiger partial charge in [-0.25, -0.2) is 0 Å². The van der Waals surface area contributed by atoms with E-state index in [4.69, 9.17) is 32.8 Å². The summed E-state index contributed by atoms with van der Waals surface area (Å²) in [7, 11) is 1.41. The van der Waals surface area contributed by atoms with Gasteiger partial charge in [-0.05, 0) is 130 Å². The number of fused-ring (bicyclic) bond motifs is 2. The zero-order chi connectivity index (χ0) is 90.6. The molecule has 42 heteroatoms. The Morgan fingerprint density at radius 3 is 1.90 bits per heavy atom. The lowest BCUT2D eigenvalue weighted by molar-refractivity contribution is -0.138. The molecule has 0 spiro atoms. The lowest BCUT2D eigenvalue weighted by Crippen LogP contribution is -2.64. The van der Waals surface area contributed by atoms with Crippen molar-refractivity contribution in [2.24, 2.45) is 22.9 Å². The maximum absolute atomic E-state index is 15.7. The number of H-pyrrole nitrogens is 1. The van der Waals surface area contributed by atoms with Crippen molar-refractivity contribution >= 4 is 140 Å². The van der Waals surface area contributed by atoms with E-state index in [1.807, 2.05) is 6.07 Å². The number of nitrogens with one attached hydrogen (secondary N) is 15. The number of primary amides is 3. The topological polar surface area (TPSA) is 665 Å². The van der Waals surface area contributed by atoms with Gasteiger partial charge in [0.1, 0.15) is 77.7 Å². The predicted molar refractivity (Wildman–Crippen MR) is 447 cm³/mol. The summed E-state index contributed by atoms with van der Waals surface area (Å²) in [5, 5.41) is 67.9. The smallest absolute Gasteiger partial charge is 0.303 e. The highest BCUT2D eigenvalue weighted by Crippen LogP contribution is 2.24. The Kier molecular flexibility index (Phi) is 39.6. The molecule has 123 heavy (non-hydrogen) atoms. The number of hydrogen-bond acceptors (Lipinski definition) is 23. The van der Waals surface area contributed by atoms with E-state index in [1.165, 1.54) is 21.0 Å². The second kappa shape index (κ2) is 49.2. The summed E-state index contributed by atoms with van der Waals surface area (Å²) in [6.07, 6.45) is -4.14. The van der Waals surface area contributed by atoms with Crippen molar-refractivity contribution in [1.29, 1.82) is 0 Å². The number of nitrogens with two attached hydrogens (primary N) is 4. The molecular weight excluding hydrogens is 1620 g/mol. The fourth-order valence-electron chi connectivity index (χ4n) is 13.2. The van der Waals surface area contributed by atoms with Gasteiger partial charge in [-0.15, -0.1) is 0 Å². The number of carboxylic acids is 1. The molecule has 41 nitrogen and oxygen atoms in total. The van der Waals surface area contributed by atoms with Crippen molar-refractivity contribution < 1.29 is 106 Å². The van der Waals surface area contributed by atoms with Crippen molar-refractivity contribution in [3.63, 3.8) is 0 Å². The second-order valence-corrected chi connectivity index (χ2v) is 31.0. The molecule has 1 aliphatic heterocycles. The maximum atomic E-state index is 15.7. The van der Waals surface area contributed by atoms with Gasteiger partial charge in [0.2, 0.25) is 100 Å². The summed E-state index contributed by atoms with van der Waals surface area (Å²) in [6, 6.07) is 6.77. The van der Waals surface area contributed by atoms with E-state index in [-0.39, 0.29) is 89.0 Å². The van der Waals surface area contributed by atoms with Crippen LogP contribution in [0.4, 0.5) is 0 Å². The number of rotatable bonds is 42. The molecule has 0 unspecified atom stereocenters. The molecule has 1 saturated heterocycles. The first-order chi connectivity index (χ1) is 58.4. The predicted octanol–water partition coefficient (Wildman–Crippen LogP) is -4.86. The van der Waals surface area contributed by atoms with E-state index in [9.17, 15) is 72.5 Å². The van der Waals surface area contributed by atoms with Gasteiger partial charge in [0.25, 0.3) is 0 Å². The average Bonchev–Trinajstić information content (AvgIpc) is 1.76. The normalized spacial score (nSPS) is 18.7. The number of ether oxygens (including phenoxy) is 1. The molecular formula is C81H111N19O22S. The van der Waals surface area contributed by atoms with Gasteiger partial charge in [0, 0.05) is 75.3 Å². The number of thioether (sulfide) groups is 1. The number of aromatic nitrogens is 1. The van der Waals surface area contributed by atoms with Crippen LogP contribution in [0.15, 0.2) is 97.2 Å². The van der Waals surface area contributed by atoms with Gasteiger partial charge in [-0.2, -0.15) is 11.8 Å². The Balaban J connectivity index is 1.42. The number of carboxylic acid groups (broad SMARTS) is 1. The number of benzene rings is 4. The molecule has 668 valence electrons. The molecule has 1 aromatic heterocycles. The number of aliphatic hydroxyl groups excluding tert-OH is 2. The fraction of sp³-hybridized carbons (Fsp3) is 0.481. The van der Waals surface area contributed by atoms with Crippen LogP contribution in [0.1, 0.15) is 121 Å². The van der Waals surface area contributed by atoms with Gasteiger partial charge in [-0.1, -0.05) is 72.8 Å². The van der Waals surface area contributed by atoms with E-state index in [1.54, 1.807) is 91.1 Å². The Labute approximate surface area is 711 Å². The number of hydrogen-bond donors (Lipinski definition) is 22. The van der Waals surface area contributed by atoms with Crippen LogP contribution in [0, 0.1) is 0 Å². The molecule has 5 aromatic rings. The van der Waals surface area contributed by atoms with Gasteiger partial charge in [-0.3, -0.25) is 86.3 Å². The summed E-state index contributed by atoms with van der Waals surface area (Å²) in [5.74, 6) is -18.8. The van der Waals surface area contributed by atoms with Crippen LogP contribution < -0.4 is 102 Å². The van der Waals surface area contributed by atoms with E-state index < -0.39 is 230 Å². The number of aliphatic carboxylic acids is 1. The second-order valence-electron chi connectivity index (χ2n) is 29.9. The van der Waals surface area contributed by atoms with Crippen LogP contribution in [0.2, 0.25) is 0 Å². The maximum Gasteiger partial charge on any atom is 0.303 e. The number of carbonyl (C=O) groups excluding carboxylic acids is 17. The van der Waals surface area contributed by atoms with Crippen molar-refractivity contribution in [1.82, 2.24) is 79.4 Å². The van der Waals surface area contributed by atoms with E-state index >= 15 is 24.0 Å². The number of amides is 17. The number of methoxy groups -OCH3 is 1. The Bertz CT molecular complexity index is 4610. The van der Waals surface area contributed by atoms with Crippen LogP contribution in [-0.2, 0) is 106 Å². The molecule has 0 saturated carbocycles. The summed E-state index contributed by atoms with van der Waals surface area (Å²) in [6.45, 7) is 3.07. The fourth-order valence-corrected chi connectivity index (χ4v) is 14.2. The highest BCUT2D eigenvalue weighted by atomic mass is 32.2.